The Hall–Kier alpha value is -1.38. The van der Waals surface area contributed by atoms with Gasteiger partial charge >= 0.3 is 0 Å². The van der Waals surface area contributed by atoms with Crippen LogP contribution < -0.4 is 11.1 Å². The number of benzene rings is 2. The van der Waals surface area contributed by atoms with Gasteiger partial charge in [0.15, 0.2) is 0 Å². The number of nitrogens with two attached hydrogens (primary N) is 1. The lowest BCUT2D eigenvalue weighted by Gasteiger charge is -2.05. The molecule has 0 unspecified atom stereocenters. The summed E-state index contributed by atoms with van der Waals surface area (Å²) in [6.45, 7) is 3.61. The molecule has 0 aromatic heterocycles. The van der Waals surface area contributed by atoms with Gasteiger partial charge in [0.2, 0.25) is 0 Å². The SMILES string of the molecule is Cc1ccc2cc(CCNCN)ccc2c1. The van der Waals surface area contributed by atoms with E-state index in [2.05, 4.69) is 48.6 Å². The normalized spacial score (nSPS) is 10.9. The van der Waals surface area contributed by atoms with Crippen LogP contribution >= 0.6 is 0 Å². The molecule has 0 amide bonds. The highest BCUT2D eigenvalue weighted by molar-refractivity contribution is 5.83. The smallest absolute Gasteiger partial charge is 0.0428 e. The first-order valence-corrected chi connectivity index (χ1v) is 5.69. The highest BCUT2D eigenvalue weighted by atomic mass is 14.9. The van der Waals surface area contributed by atoms with E-state index in [0.717, 1.165) is 13.0 Å². The van der Waals surface area contributed by atoms with E-state index in [4.69, 9.17) is 5.73 Å². The Labute approximate surface area is 96.5 Å². The molecule has 2 heteroatoms. The first-order valence-electron chi connectivity index (χ1n) is 5.69. The zero-order chi connectivity index (χ0) is 11.4. The maximum atomic E-state index is 5.39. The molecule has 0 bridgehead atoms. The lowest BCUT2D eigenvalue weighted by atomic mass is 10.0. The highest BCUT2D eigenvalue weighted by Crippen LogP contribution is 2.17. The Morgan fingerprint density at radius 2 is 1.81 bits per heavy atom. The van der Waals surface area contributed by atoms with Gasteiger partial charge in [-0.25, -0.2) is 0 Å². The maximum Gasteiger partial charge on any atom is 0.0428 e. The van der Waals surface area contributed by atoms with Crippen molar-refractivity contribution in [1.82, 2.24) is 5.32 Å². The summed E-state index contributed by atoms with van der Waals surface area (Å²) in [4.78, 5) is 0. The minimum absolute atomic E-state index is 0.548. The van der Waals surface area contributed by atoms with E-state index in [0.29, 0.717) is 6.67 Å². The minimum atomic E-state index is 0.548. The average molecular weight is 214 g/mol. The highest BCUT2D eigenvalue weighted by Gasteiger charge is 1.97. The molecular formula is C14H18N2. The quantitative estimate of drug-likeness (QED) is 0.605. The second-order valence-corrected chi connectivity index (χ2v) is 4.14. The minimum Gasteiger partial charge on any atom is -0.318 e. The third-order valence-electron chi connectivity index (χ3n) is 2.79. The van der Waals surface area contributed by atoms with Crippen molar-refractivity contribution in [3.05, 3.63) is 47.5 Å². The predicted octanol–water partition coefficient (Wildman–Crippen LogP) is 2.20. The molecule has 0 atom stereocenters. The monoisotopic (exact) mass is 214 g/mol. The summed E-state index contributed by atoms with van der Waals surface area (Å²) >= 11 is 0. The second kappa shape index (κ2) is 5.10. The van der Waals surface area contributed by atoms with Crippen LogP contribution in [0, 0.1) is 6.92 Å². The number of hydrogen-bond donors (Lipinski definition) is 2. The first-order chi connectivity index (χ1) is 7.79. The molecular weight excluding hydrogens is 196 g/mol. The molecule has 0 saturated carbocycles. The largest absolute Gasteiger partial charge is 0.318 e. The van der Waals surface area contributed by atoms with Crippen molar-refractivity contribution in [3.63, 3.8) is 0 Å². The summed E-state index contributed by atoms with van der Waals surface area (Å²) in [5.74, 6) is 0. The third kappa shape index (κ3) is 2.60. The van der Waals surface area contributed by atoms with Crippen molar-refractivity contribution in [3.8, 4) is 0 Å². The van der Waals surface area contributed by atoms with Crippen LogP contribution in [0.3, 0.4) is 0 Å². The van der Waals surface area contributed by atoms with Crippen LogP contribution in [-0.2, 0) is 6.42 Å². The fraction of sp³-hybridized carbons (Fsp3) is 0.286. The lowest BCUT2D eigenvalue weighted by molar-refractivity contribution is 0.701. The summed E-state index contributed by atoms with van der Waals surface area (Å²) in [6.07, 6.45) is 1.03. The molecule has 0 aliphatic heterocycles. The number of hydrogen-bond acceptors (Lipinski definition) is 2. The van der Waals surface area contributed by atoms with Gasteiger partial charge in [-0.1, -0.05) is 42.0 Å². The predicted molar refractivity (Wildman–Crippen MR) is 69.4 cm³/mol. The van der Waals surface area contributed by atoms with Crippen molar-refractivity contribution < 1.29 is 0 Å². The van der Waals surface area contributed by atoms with Gasteiger partial charge in [-0.05, 0) is 29.7 Å². The zero-order valence-corrected chi connectivity index (χ0v) is 9.66. The van der Waals surface area contributed by atoms with Crippen molar-refractivity contribution in [2.45, 2.75) is 13.3 Å². The summed E-state index contributed by atoms with van der Waals surface area (Å²) in [5.41, 5.74) is 8.06. The van der Waals surface area contributed by atoms with Gasteiger partial charge in [0.05, 0.1) is 0 Å². The van der Waals surface area contributed by atoms with Crippen LogP contribution in [0.25, 0.3) is 10.8 Å². The maximum absolute atomic E-state index is 5.39. The average Bonchev–Trinajstić information content (AvgIpc) is 2.29. The molecule has 0 radical (unpaired) electrons. The van der Waals surface area contributed by atoms with Crippen LogP contribution in [0.2, 0.25) is 0 Å². The second-order valence-electron chi connectivity index (χ2n) is 4.14. The molecule has 0 aliphatic rings. The van der Waals surface area contributed by atoms with E-state index in [9.17, 15) is 0 Å². The Balaban J connectivity index is 2.20. The van der Waals surface area contributed by atoms with Crippen LogP contribution in [0.15, 0.2) is 36.4 Å². The van der Waals surface area contributed by atoms with Gasteiger partial charge in [0.25, 0.3) is 0 Å². The standard InChI is InChI=1S/C14H18N2/c1-11-2-4-14-9-12(6-7-16-10-15)3-5-13(14)8-11/h2-5,8-9,16H,6-7,10,15H2,1H3. The van der Waals surface area contributed by atoms with E-state index in [1.54, 1.807) is 0 Å². The number of nitrogens with one attached hydrogen (secondary N) is 1. The van der Waals surface area contributed by atoms with Crippen molar-refractivity contribution >= 4 is 10.8 Å². The van der Waals surface area contributed by atoms with Gasteiger partial charge in [0.1, 0.15) is 0 Å². The third-order valence-corrected chi connectivity index (χ3v) is 2.79. The number of aryl methyl sites for hydroxylation is 1. The Morgan fingerprint density at radius 3 is 2.62 bits per heavy atom. The molecule has 2 aromatic carbocycles. The molecule has 3 N–H and O–H groups in total. The summed E-state index contributed by atoms with van der Waals surface area (Å²) in [5, 5.41) is 5.76. The summed E-state index contributed by atoms with van der Waals surface area (Å²) in [6, 6.07) is 13.2. The van der Waals surface area contributed by atoms with Crippen molar-refractivity contribution in [2.24, 2.45) is 5.73 Å². The number of rotatable bonds is 4. The molecule has 0 saturated heterocycles. The van der Waals surface area contributed by atoms with Crippen LogP contribution in [0.1, 0.15) is 11.1 Å². The molecule has 0 fully saturated rings. The molecule has 0 spiro atoms. The van der Waals surface area contributed by atoms with Crippen molar-refractivity contribution in [1.29, 1.82) is 0 Å². The Bertz CT molecular complexity index is 477. The zero-order valence-electron chi connectivity index (χ0n) is 9.66. The molecule has 16 heavy (non-hydrogen) atoms. The van der Waals surface area contributed by atoms with Gasteiger partial charge in [0, 0.05) is 13.2 Å². The van der Waals surface area contributed by atoms with Crippen LogP contribution in [-0.4, -0.2) is 13.2 Å². The topological polar surface area (TPSA) is 38.0 Å². The summed E-state index contributed by atoms with van der Waals surface area (Å²) in [7, 11) is 0. The fourth-order valence-electron chi connectivity index (χ4n) is 1.90. The summed E-state index contributed by atoms with van der Waals surface area (Å²) < 4.78 is 0. The molecule has 2 aromatic rings. The van der Waals surface area contributed by atoms with Gasteiger partial charge < -0.3 is 11.1 Å². The molecule has 84 valence electrons. The van der Waals surface area contributed by atoms with Gasteiger partial charge in [-0.15, -0.1) is 0 Å². The van der Waals surface area contributed by atoms with E-state index in [-0.39, 0.29) is 0 Å². The number of fused-ring (bicyclic) bond motifs is 1. The Morgan fingerprint density at radius 1 is 1.06 bits per heavy atom. The van der Waals surface area contributed by atoms with Gasteiger partial charge in [-0.2, -0.15) is 0 Å². The van der Waals surface area contributed by atoms with E-state index >= 15 is 0 Å². The lowest BCUT2D eigenvalue weighted by Crippen LogP contribution is -2.24. The van der Waals surface area contributed by atoms with Gasteiger partial charge in [-0.3, -0.25) is 0 Å². The van der Waals surface area contributed by atoms with E-state index in [1.807, 2.05) is 0 Å². The molecule has 0 heterocycles. The van der Waals surface area contributed by atoms with E-state index in [1.165, 1.54) is 21.9 Å². The van der Waals surface area contributed by atoms with Crippen LogP contribution in [0.5, 0.6) is 0 Å². The fourth-order valence-corrected chi connectivity index (χ4v) is 1.90. The Kier molecular flexibility index (Phi) is 3.54. The van der Waals surface area contributed by atoms with Crippen molar-refractivity contribution in [2.75, 3.05) is 13.2 Å². The molecule has 0 aliphatic carbocycles. The molecule has 2 nitrogen and oxygen atoms in total. The van der Waals surface area contributed by atoms with Crippen LogP contribution in [0.4, 0.5) is 0 Å². The first kappa shape index (κ1) is 11.1. The van der Waals surface area contributed by atoms with E-state index < -0.39 is 0 Å². The molecule has 2 rings (SSSR count).